The topological polar surface area (TPSA) is 116 Å². The summed E-state index contributed by atoms with van der Waals surface area (Å²) in [5, 5.41) is 6.08. The summed E-state index contributed by atoms with van der Waals surface area (Å²) in [5.41, 5.74) is 2.72. The molecule has 0 aromatic heterocycles. The third-order valence-corrected chi connectivity index (χ3v) is 11.0. The van der Waals surface area contributed by atoms with Gasteiger partial charge in [-0.15, -0.1) is 0 Å². The van der Waals surface area contributed by atoms with E-state index in [1.54, 1.807) is 50.2 Å². The molecule has 2 heterocycles. The van der Waals surface area contributed by atoms with Gasteiger partial charge in [-0.25, -0.2) is 8.42 Å². The average Bonchev–Trinajstić information content (AvgIpc) is 3.00. The number of aryl methyl sites for hydroxylation is 3. The molecule has 0 spiro atoms. The number of carbonyl (C=O) groups is 3. The minimum Gasteiger partial charge on any atom is -0.356 e. The van der Waals surface area contributed by atoms with Crippen molar-refractivity contribution >= 4 is 50.7 Å². The van der Waals surface area contributed by atoms with E-state index in [9.17, 15) is 22.8 Å². The summed E-state index contributed by atoms with van der Waals surface area (Å²) in [5.74, 6) is -0.448. The number of rotatable bonds is 10. The van der Waals surface area contributed by atoms with Crippen LogP contribution in [0.2, 0.25) is 5.02 Å². The third-order valence-electron chi connectivity index (χ3n) is 8.62. The number of piperidine rings is 1. The first kappa shape index (κ1) is 32.5. The van der Waals surface area contributed by atoms with E-state index in [-0.39, 0.29) is 17.2 Å². The zero-order valence-corrected chi connectivity index (χ0v) is 27.2. The Labute approximate surface area is 270 Å². The molecule has 5 rings (SSSR count). The van der Waals surface area contributed by atoms with Crippen molar-refractivity contribution in [2.45, 2.75) is 63.3 Å². The minimum absolute atomic E-state index is 0.0618. The molecule has 0 saturated carbocycles. The normalized spacial score (nSPS) is 17.0. The summed E-state index contributed by atoms with van der Waals surface area (Å²) in [6, 6.07) is 18.5. The van der Waals surface area contributed by atoms with Crippen LogP contribution in [-0.2, 0) is 30.8 Å². The summed E-state index contributed by atoms with van der Waals surface area (Å²) >= 11 is 6.18. The Morgan fingerprint density at radius 3 is 2.31 bits per heavy atom. The highest BCUT2D eigenvalue weighted by atomic mass is 35.5. The van der Waals surface area contributed by atoms with Crippen molar-refractivity contribution in [3.63, 3.8) is 0 Å². The lowest BCUT2D eigenvalue weighted by atomic mass is 9.93. The highest BCUT2D eigenvalue weighted by molar-refractivity contribution is 7.93. The second-order valence-corrected chi connectivity index (χ2v) is 14.0. The number of carbonyl (C=O) groups excluding carboxylic acids is 3. The number of likely N-dealkylation sites (tertiary alicyclic amines) is 1. The summed E-state index contributed by atoms with van der Waals surface area (Å²) in [6.07, 6.45) is 3.35. The third kappa shape index (κ3) is 7.50. The number of nitrogens with one attached hydrogen (secondary N) is 2. The smallest absolute Gasteiger partial charge is 0.265 e. The maximum absolute atomic E-state index is 14.2. The van der Waals surface area contributed by atoms with Gasteiger partial charge < -0.3 is 15.5 Å². The van der Waals surface area contributed by atoms with E-state index in [1.165, 1.54) is 0 Å². The fourth-order valence-electron chi connectivity index (χ4n) is 6.33. The molecule has 1 saturated heterocycles. The second kappa shape index (κ2) is 14.0. The van der Waals surface area contributed by atoms with Crippen molar-refractivity contribution in [1.82, 2.24) is 10.2 Å². The van der Waals surface area contributed by atoms with Gasteiger partial charge in [-0.3, -0.25) is 18.7 Å². The van der Waals surface area contributed by atoms with E-state index in [0.717, 1.165) is 35.6 Å². The van der Waals surface area contributed by atoms with E-state index < -0.39 is 27.9 Å². The lowest BCUT2D eigenvalue weighted by Crippen LogP contribution is -2.53. The largest absolute Gasteiger partial charge is 0.356 e. The van der Waals surface area contributed by atoms with E-state index in [1.807, 2.05) is 35.2 Å². The molecular weight excluding hydrogens is 612 g/mol. The minimum atomic E-state index is -4.25. The Hall–Kier alpha value is -3.89. The van der Waals surface area contributed by atoms with Gasteiger partial charge >= 0.3 is 0 Å². The molecule has 2 aliphatic rings. The standard InChI is InChI=1S/C34H39ClN4O5S/c1-23-20-27(35)21-24(2)33(23)45(43,44)39-29-11-7-6-10-28(29)37-34(42)30(39)22-31(40)36-17-14-26-15-18-38(19-16-26)32(41)13-12-25-8-4-3-5-9-25/h3-11,20-21,26,30H,12-19,22H2,1-2H3,(H,36,40)(H,37,42). The fraction of sp³-hybridized carbons (Fsp3) is 0.382. The highest BCUT2D eigenvalue weighted by Gasteiger charge is 2.43. The zero-order chi connectivity index (χ0) is 32.1. The molecule has 1 fully saturated rings. The molecule has 3 aromatic rings. The number of amides is 3. The van der Waals surface area contributed by atoms with Gasteiger partial charge in [0.25, 0.3) is 10.0 Å². The van der Waals surface area contributed by atoms with E-state index in [0.29, 0.717) is 59.5 Å². The Bertz CT molecular complexity index is 1650. The van der Waals surface area contributed by atoms with Gasteiger partial charge in [-0.05, 0) is 86.4 Å². The molecule has 0 aliphatic carbocycles. The second-order valence-electron chi connectivity index (χ2n) is 11.8. The van der Waals surface area contributed by atoms with E-state index in [4.69, 9.17) is 11.6 Å². The van der Waals surface area contributed by atoms with Gasteiger partial charge in [-0.2, -0.15) is 0 Å². The monoisotopic (exact) mass is 650 g/mol. The maximum Gasteiger partial charge on any atom is 0.265 e. The quantitative estimate of drug-likeness (QED) is 0.311. The predicted octanol–water partition coefficient (Wildman–Crippen LogP) is 5.24. The molecule has 238 valence electrons. The summed E-state index contributed by atoms with van der Waals surface area (Å²) in [7, 11) is -4.25. The SMILES string of the molecule is Cc1cc(Cl)cc(C)c1S(=O)(=O)N1c2ccccc2NC(=O)C1CC(=O)NCCC1CCN(C(=O)CCc2ccccc2)CC1. The van der Waals surface area contributed by atoms with Crippen LogP contribution in [0.1, 0.15) is 48.8 Å². The molecule has 1 atom stereocenters. The number of hydrogen-bond acceptors (Lipinski definition) is 5. The Morgan fingerprint density at radius 2 is 1.62 bits per heavy atom. The van der Waals surface area contributed by atoms with E-state index >= 15 is 0 Å². The first-order valence-corrected chi connectivity index (χ1v) is 17.2. The number of sulfonamides is 1. The van der Waals surface area contributed by atoms with Crippen molar-refractivity contribution in [1.29, 1.82) is 0 Å². The Kier molecular flexibility index (Phi) is 10.1. The van der Waals surface area contributed by atoms with Crippen LogP contribution in [0.25, 0.3) is 0 Å². The van der Waals surface area contributed by atoms with Crippen LogP contribution in [0.3, 0.4) is 0 Å². The van der Waals surface area contributed by atoms with Gasteiger partial charge in [0.2, 0.25) is 17.7 Å². The van der Waals surface area contributed by atoms with Crippen molar-refractivity contribution in [2.75, 3.05) is 29.3 Å². The highest BCUT2D eigenvalue weighted by Crippen LogP contribution is 2.39. The average molecular weight is 651 g/mol. The number of para-hydroxylation sites is 2. The van der Waals surface area contributed by atoms with Crippen molar-refractivity contribution in [3.05, 3.63) is 88.4 Å². The Morgan fingerprint density at radius 1 is 0.978 bits per heavy atom. The first-order valence-electron chi connectivity index (χ1n) is 15.3. The molecular formula is C34H39ClN4O5S. The molecule has 1 unspecified atom stereocenters. The van der Waals surface area contributed by atoms with Gasteiger partial charge in [0.05, 0.1) is 22.7 Å². The van der Waals surface area contributed by atoms with Crippen LogP contribution in [0, 0.1) is 19.8 Å². The fourth-order valence-corrected chi connectivity index (χ4v) is 8.70. The molecule has 0 radical (unpaired) electrons. The molecule has 9 nitrogen and oxygen atoms in total. The van der Waals surface area contributed by atoms with Gasteiger partial charge in [0.15, 0.2) is 0 Å². The van der Waals surface area contributed by atoms with Crippen LogP contribution in [-0.4, -0.2) is 56.7 Å². The number of benzene rings is 3. The molecule has 3 aromatic carbocycles. The molecule has 2 aliphatic heterocycles. The number of anilines is 2. The van der Waals surface area contributed by atoms with Crippen LogP contribution in [0.4, 0.5) is 11.4 Å². The number of fused-ring (bicyclic) bond motifs is 1. The van der Waals surface area contributed by atoms with Gasteiger partial charge in [0.1, 0.15) is 6.04 Å². The first-order chi connectivity index (χ1) is 21.5. The lowest BCUT2D eigenvalue weighted by molar-refractivity contribution is -0.132. The number of halogens is 1. The Balaban J connectivity index is 1.18. The predicted molar refractivity (Wildman–Crippen MR) is 176 cm³/mol. The number of hydrogen-bond donors (Lipinski definition) is 2. The molecule has 45 heavy (non-hydrogen) atoms. The molecule has 11 heteroatoms. The zero-order valence-electron chi connectivity index (χ0n) is 25.6. The van der Waals surface area contributed by atoms with Crippen LogP contribution in [0.5, 0.6) is 0 Å². The summed E-state index contributed by atoms with van der Waals surface area (Å²) in [6.45, 7) is 5.12. The van der Waals surface area contributed by atoms with Crippen molar-refractivity contribution in [3.8, 4) is 0 Å². The maximum atomic E-state index is 14.2. The van der Waals surface area contributed by atoms with Gasteiger partial charge in [-0.1, -0.05) is 54.1 Å². The van der Waals surface area contributed by atoms with Crippen LogP contribution < -0.4 is 14.9 Å². The molecule has 3 amide bonds. The van der Waals surface area contributed by atoms with E-state index in [2.05, 4.69) is 10.6 Å². The molecule has 2 N–H and O–H groups in total. The van der Waals surface area contributed by atoms with Crippen molar-refractivity contribution in [2.24, 2.45) is 5.92 Å². The number of nitrogens with zero attached hydrogens (tertiary/aromatic N) is 2. The summed E-state index contributed by atoms with van der Waals surface area (Å²) < 4.78 is 29.5. The lowest BCUT2D eigenvalue weighted by Gasteiger charge is -2.37. The van der Waals surface area contributed by atoms with Crippen LogP contribution >= 0.6 is 11.6 Å². The summed E-state index contributed by atoms with van der Waals surface area (Å²) in [4.78, 5) is 41.1. The molecule has 0 bridgehead atoms. The van der Waals surface area contributed by atoms with Crippen molar-refractivity contribution < 1.29 is 22.8 Å². The van der Waals surface area contributed by atoms with Crippen LogP contribution in [0.15, 0.2) is 71.6 Å². The van der Waals surface area contributed by atoms with Gasteiger partial charge in [0, 0.05) is 31.1 Å².